The number of thioether (sulfide) groups is 1. The second-order valence-corrected chi connectivity index (χ2v) is 9.12. The summed E-state index contributed by atoms with van der Waals surface area (Å²) in [4.78, 5) is 31.1. The van der Waals surface area contributed by atoms with Crippen molar-refractivity contribution in [1.82, 2.24) is 4.57 Å². The number of carboxylic acids is 1. The van der Waals surface area contributed by atoms with Crippen molar-refractivity contribution < 1.29 is 9.90 Å². The van der Waals surface area contributed by atoms with Gasteiger partial charge < -0.3 is 14.6 Å². The number of benzene rings is 2. The number of aromatic nitrogens is 1. The largest absolute Gasteiger partial charge is 0.486 e. The smallest absolute Gasteiger partial charge is 0.336 e. The number of fused-ring (bicyclic) bond motifs is 1. The fourth-order valence-electron chi connectivity index (χ4n) is 3.40. The van der Waals surface area contributed by atoms with Crippen molar-refractivity contribution in [3.8, 4) is 0 Å². The molecule has 3 aromatic rings. The van der Waals surface area contributed by atoms with Crippen LogP contribution in [0.2, 0.25) is 0 Å². The molecule has 0 saturated heterocycles. The Morgan fingerprint density at radius 1 is 1.12 bits per heavy atom. The van der Waals surface area contributed by atoms with Crippen molar-refractivity contribution in [2.75, 3.05) is 11.9 Å². The van der Waals surface area contributed by atoms with Crippen molar-refractivity contribution in [2.24, 2.45) is 0 Å². The Bertz CT molecular complexity index is 1430. The Kier molecular flexibility index (Phi) is 6.30. The zero-order valence-corrected chi connectivity index (χ0v) is 18.8. The average Bonchev–Trinajstić information content (AvgIpc) is 3.28. The maximum atomic E-state index is 13.1. The van der Waals surface area contributed by atoms with Gasteiger partial charge in [-0.25, -0.2) is 4.85 Å². The number of para-hydroxylation sites is 1. The van der Waals surface area contributed by atoms with Crippen molar-refractivity contribution in [1.29, 1.82) is 0 Å². The Morgan fingerprint density at radius 2 is 1.84 bits per heavy atom. The van der Waals surface area contributed by atoms with E-state index in [9.17, 15) is 14.7 Å². The molecule has 0 bridgehead atoms. The standard InChI is InChI=1S/C24H19N3O3S2/c1-25-21(24(29)30)23-27(15-14-16-8-4-3-5-9-16)22(28)19(32-23)12-13-20-26(2)17-10-6-7-11-18(17)31-20/h3-13H,14-15H2,2H3,(H,29,30)/b19-12+,20-13-,23-21-. The molecule has 1 aliphatic heterocycles. The molecule has 2 aromatic carbocycles. The number of rotatable bonds is 5. The van der Waals surface area contributed by atoms with Gasteiger partial charge in [0.2, 0.25) is 0 Å². The van der Waals surface area contributed by atoms with Gasteiger partial charge in [0.25, 0.3) is 5.56 Å². The quantitative estimate of drug-likeness (QED) is 0.592. The highest BCUT2D eigenvalue weighted by atomic mass is 32.2. The molecular weight excluding hydrogens is 442 g/mol. The van der Waals surface area contributed by atoms with Crippen LogP contribution in [0.25, 0.3) is 16.6 Å². The molecule has 0 radical (unpaired) electrons. The van der Waals surface area contributed by atoms with E-state index in [1.54, 1.807) is 17.8 Å². The fraction of sp³-hybridized carbons (Fsp3) is 0.125. The number of hydrogen-bond donors (Lipinski definition) is 1. The van der Waals surface area contributed by atoms with Crippen LogP contribution in [-0.2, 0) is 17.8 Å². The van der Waals surface area contributed by atoms with E-state index in [4.69, 9.17) is 6.57 Å². The Balaban J connectivity index is 1.77. The molecule has 0 atom stereocenters. The van der Waals surface area contributed by atoms with E-state index in [0.29, 0.717) is 17.5 Å². The molecule has 0 fully saturated rings. The van der Waals surface area contributed by atoms with Crippen molar-refractivity contribution >= 4 is 46.5 Å². The fourth-order valence-corrected chi connectivity index (χ4v) is 5.51. The van der Waals surface area contributed by atoms with E-state index in [0.717, 1.165) is 32.5 Å². The molecule has 1 N–H and O–H groups in total. The number of carbonyl (C=O) groups is 1. The van der Waals surface area contributed by atoms with Crippen LogP contribution in [0, 0.1) is 6.57 Å². The van der Waals surface area contributed by atoms with Gasteiger partial charge in [0, 0.05) is 18.5 Å². The number of hydrogen-bond acceptors (Lipinski definition) is 5. The van der Waals surface area contributed by atoms with Crippen molar-refractivity contribution in [3.63, 3.8) is 0 Å². The highest BCUT2D eigenvalue weighted by molar-refractivity contribution is 8.03. The van der Waals surface area contributed by atoms with Gasteiger partial charge in [-0.05, 0) is 36.3 Å². The maximum absolute atomic E-state index is 13.1. The first-order valence-electron chi connectivity index (χ1n) is 9.81. The van der Waals surface area contributed by atoms with Gasteiger partial charge in [0.1, 0.15) is 4.66 Å². The monoisotopic (exact) mass is 461 g/mol. The van der Waals surface area contributed by atoms with Crippen LogP contribution in [-0.4, -0.2) is 22.7 Å². The maximum Gasteiger partial charge on any atom is 0.336 e. The number of carboxylic acid groups (broad SMARTS) is 1. The van der Waals surface area contributed by atoms with Gasteiger partial charge in [0.15, 0.2) is 0 Å². The summed E-state index contributed by atoms with van der Waals surface area (Å²) >= 11 is 2.65. The predicted molar refractivity (Wildman–Crippen MR) is 129 cm³/mol. The summed E-state index contributed by atoms with van der Waals surface area (Å²) in [5, 5.41) is 10.4. The van der Waals surface area contributed by atoms with Crippen LogP contribution in [0.15, 0.2) is 75.4 Å². The van der Waals surface area contributed by atoms with E-state index in [1.807, 2.05) is 72.6 Å². The van der Waals surface area contributed by atoms with E-state index in [2.05, 4.69) is 4.85 Å². The SMILES string of the molecule is [C-]#[N+]/C(C(=O)O)=c1\s/c(=C/C=C2\Sc3ccccc3N2C)c(=O)n1CCc1ccccc1. The first-order chi connectivity index (χ1) is 15.5. The third kappa shape index (κ3) is 4.26. The average molecular weight is 462 g/mol. The lowest BCUT2D eigenvalue weighted by Gasteiger charge is -2.12. The molecule has 1 aromatic heterocycles. The van der Waals surface area contributed by atoms with E-state index < -0.39 is 11.7 Å². The third-order valence-corrected chi connectivity index (χ3v) is 7.36. The van der Waals surface area contributed by atoms with Crippen molar-refractivity contribution in [3.05, 3.63) is 102 Å². The number of anilines is 1. The highest BCUT2D eigenvalue weighted by Crippen LogP contribution is 2.44. The summed E-state index contributed by atoms with van der Waals surface area (Å²) in [5.74, 6) is -1.33. The van der Waals surface area contributed by atoms with Gasteiger partial charge in [-0.2, -0.15) is 0 Å². The van der Waals surface area contributed by atoms with Crippen LogP contribution in [0.1, 0.15) is 5.56 Å². The zero-order valence-electron chi connectivity index (χ0n) is 17.2. The van der Waals surface area contributed by atoms with E-state index in [1.165, 1.54) is 4.57 Å². The molecule has 0 saturated carbocycles. The molecule has 2 heterocycles. The minimum Gasteiger partial charge on any atom is -0.486 e. The number of nitrogens with zero attached hydrogens (tertiary/aromatic N) is 3. The summed E-state index contributed by atoms with van der Waals surface area (Å²) in [7, 11) is 1.96. The summed E-state index contributed by atoms with van der Waals surface area (Å²) in [5.41, 5.74) is 1.40. The van der Waals surface area contributed by atoms with Gasteiger partial charge in [0.05, 0.1) is 21.8 Å². The molecular formula is C24H19N3O3S2. The van der Waals surface area contributed by atoms with Crippen LogP contribution < -0.4 is 19.7 Å². The Labute approximate surface area is 192 Å². The lowest BCUT2D eigenvalue weighted by Crippen LogP contribution is -2.33. The molecule has 32 heavy (non-hydrogen) atoms. The minimum absolute atomic E-state index is 0.175. The third-order valence-electron chi connectivity index (χ3n) is 5.04. The van der Waals surface area contributed by atoms with E-state index >= 15 is 0 Å². The number of aliphatic carboxylic acids is 1. The molecule has 4 rings (SSSR count). The van der Waals surface area contributed by atoms with Crippen LogP contribution in [0.5, 0.6) is 0 Å². The molecule has 0 unspecified atom stereocenters. The normalized spacial score (nSPS) is 15.6. The molecule has 8 heteroatoms. The summed E-state index contributed by atoms with van der Waals surface area (Å²) in [6.45, 7) is 7.60. The first-order valence-corrected chi connectivity index (χ1v) is 11.4. The molecule has 0 spiro atoms. The number of aryl methyl sites for hydroxylation is 1. The Morgan fingerprint density at radius 3 is 2.53 bits per heavy atom. The lowest BCUT2D eigenvalue weighted by molar-refractivity contribution is -0.130. The molecule has 1 aliphatic rings. The van der Waals surface area contributed by atoms with Gasteiger partial charge in [-0.1, -0.05) is 54.2 Å². The summed E-state index contributed by atoms with van der Waals surface area (Å²) < 4.78 is 1.98. The van der Waals surface area contributed by atoms with Gasteiger partial charge in [-0.3, -0.25) is 9.59 Å². The van der Waals surface area contributed by atoms with Crippen LogP contribution >= 0.6 is 23.1 Å². The summed E-state index contributed by atoms with van der Waals surface area (Å²) in [6, 6.07) is 17.7. The topological polar surface area (TPSA) is 66.9 Å². The molecule has 6 nitrogen and oxygen atoms in total. The zero-order chi connectivity index (χ0) is 22.7. The number of thiazole rings is 1. The number of allylic oxidation sites excluding steroid dienone is 1. The summed E-state index contributed by atoms with van der Waals surface area (Å²) in [6.07, 6.45) is 4.13. The van der Waals surface area contributed by atoms with E-state index in [-0.39, 0.29) is 10.2 Å². The van der Waals surface area contributed by atoms with Gasteiger partial charge in [-0.15, -0.1) is 11.3 Å². The lowest BCUT2D eigenvalue weighted by atomic mass is 10.1. The van der Waals surface area contributed by atoms with Crippen LogP contribution in [0.3, 0.4) is 0 Å². The minimum atomic E-state index is -1.33. The van der Waals surface area contributed by atoms with Gasteiger partial charge >= 0.3 is 11.7 Å². The molecule has 160 valence electrons. The predicted octanol–water partition coefficient (Wildman–Crippen LogP) is 3.13. The van der Waals surface area contributed by atoms with Crippen LogP contribution in [0.4, 0.5) is 5.69 Å². The molecule has 0 amide bonds. The second-order valence-electron chi connectivity index (χ2n) is 7.03. The van der Waals surface area contributed by atoms with Crippen molar-refractivity contribution in [2.45, 2.75) is 17.9 Å². The second kappa shape index (κ2) is 9.30. The first kappa shape index (κ1) is 21.7. The Hall–Kier alpha value is -3.54. The highest BCUT2D eigenvalue weighted by Gasteiger charge is 2.20. The molecule has 0 aliphatic carbocycles.